The van der Waals surface area contributed by atoms with Gasteiger partial charge in [-0.2, -0.15) is 0 Å². The van der Waals surface area contributed by atoms with Gasteiger partial charge in [0.05, 0.1) is 46.6 Å². The zero-order chi connectivity index (χ0) is 27.4. The average molecular weight is 528 g/mol. The minimum Gasteiger partial charge on any atom is -0.388 e. The van der Waals surface area contributed by atoms with Crippen LogP contribution in [0.15, 0.2) is 36.5 Å². The maximum Gasteiger partial charge on any atom is 0.274 e. The van der Waals surface area contributed by atoms with E-state index in [1.165, 1.54) is 6.20 Å². The summed E-state index contributed by atoms with van der Waals surface area (Å²) in [6.07, 6.45) is 1.66. The van der Waals surface area contributed by atoms with Crippen LogP contribution in [-0.2, 0) is 6.42 Å². The summed E-state index contributed by atoms with van der Waals surface area (Å²) in [5.41, 5.74) is 5.87. The zero-order valence-corrected chi connectivity index (χ0v) is 20.9. The van der Waals surface area contributed by atoms with Crippen molar-refractivity contribution in [2.45, 2.75) is 44.4 Å². The number of carbonyl (C=O) groups excluding carboxylic acids is 1. The Balaban J connectivity index is 1.52. The molecule has 1 saturated heterocycles. The molecule has 200 valence electrons. The standard InChI is InChI=1S/C27H28F3N5O3/c1-13-11-35(12-21(31)27(13,2)38)25-14-6-9-20(36)23(14)32-10-19(25)34-26(37)18-8-7-17(30)24(33-18)22-15(28)4-3-5-16(22)29/h3-5,7-8,10,13,20-21,36,38H,6,9,11-12,31H2,1-2H3,(H,34,37)/t13-,20-,21+,27+/m0/s1. The second-order valence-corrected chi connectivity index (χ2v) is 10.2. The van der Waals surface area contributed by atoms with Gasteiger partial charge in [-0.3, -0.25) is 9.78 Å². The SMILES string of the molecule is C[C@H]1CN(c2c(NC(=O)c3ccc(F)c(-c4c(F)cccc4F)n3)cnc3c2CC[C@@H]3O)C[C@@H](N)[C@]1(C)O. The Kier molecular flexibility index (Phi) is 6.62. The van der Waals surface area contributed by atoms with E-state index in [0.717, 1.165) is 35.9 Å². The summed E-state index contributed by atoms with van der Waals surface area (Å²) < 4.78 is 43.2. The Labute approximate surface area is 217 Å². The largest absolute Gasteiger partial charge is 0.388 e. The molecule has 1 aliphatic carbocycles. The van der Waals surface area contributed by atoms with Crippen molar-refractivity contribution in [1.82, 2.24) is 9.97 Å². The molecule has 1 aliphatic heterocycles. The van der Waals surface area contributed by atoms with Gasteiger partial charge in [0.1, 0.15) is 28.8 Å². The van der Waals surface area contributed by atoms with E-state index >= 15 is 0 Å². The van der Waals surface area contributed by atoms with Gasteiger partial charge in [0.2, 0.25) is 0 Å². The second-order valence-electron chi connectivity index (χ2n) is 10.2. The molecule has 2 aliphatic rings. The molecule has 0 radical (unpaired) electrons. The smallest absolute Gasteiger partial charge is 0.274 e. The van der Waals surface area contributed by atoms with Crippen molar-refractivity contribution < 1.29 is 28.2 Å². The van der Waals surface area contributed by atoms with Gasteiger partial charge in [0, 0.05) is 24.6 Å². The Bertz CT molecular complexity index is 1380. The van der Waals surface area contributed by atoms with E-state index in [9.17, 15) is 28.2 Å². The van der Waals surface area contributed by atoms with Gasteiger partial charge in [-0.05, 0) is 44.0 Å². The number of hydrogen-bond donors (Lipinski definition) is 4. The van der Waals surface area contributed by atoms with Crippen molar-refractivity contribution in [3.8, 4) is 11.3 Å². The molecule has 2 aromatic heterocycles. The lowest BCUT2D eigenvalue weighted by atomic mass is 9.80. The van der Waals surface area contributed by atoms with E-state index < -0.39 is 52.4 Å². The zero-order valence-electron chi connectivity index (χ0n) is 20.9. The van der Waals surface area contributed by atoms with Crippen LogP contribution in [0.2, 0.25) is 0 Å². The number of halogens is 3. The molecule has 0 unspecified atom stereocenters. The first-order valence-corrected chi connectivity index (χ1v) is 12.3. The Morgan fingerprint density at radius 3 is 2.55 bits per heavy atom. The number of anilines is 2. The van der Waals surface area contributed by atoms with E-state index in [1.807, 2.05) is 11.8 Å². The topological polar surface area (TPSA) is 125 Å². The summed E-state index contributed by atoms with van der Waals surface area (Å²) >= 11 is 0. The van der Waals surface area contributed by atoms with Crippen LogP contribution in [-0.4, -0.2) is 50.8 Å². The molecule has 0 bridgehead atoms. The molecule has 1 amide bonds. The summed E-state index contributed by atoms with van der Waals surface area (Å²) in [7, 11) is 0. The predicted molar refractivity (Wildman–Crippen MR) is 135 cm³/mol. The quantitative estimate of drug-likeness (QED) is 0.410. The van der Waals surface area contributed by atoms with Crippen molar-refractivity contribution in [3.05, 3.63) is 70.9 Å². The van der Waals surface area contributed by atoms with Crippen LogP contribution < -0.4 is 16.0 Å². The van der Waals surface area contributed by atoms with Crippen molar-refractivity contribution in [1.29, 1.82) is 0 Å². The minimum absolute atomic E-state index is 0.207. The molecule has 8 nitrogen and oxygen atoms in total. The monoisotopic (exact) mass is 527 g/mol. The van der Waals surface area contributed by atoms with Gasteiger partial charge in [-0.25, -0.2) is 18.2 Å². The first-order valence-electron chi connectivity index (χ1n) is 12.3. The molecule has 11 heteroatoms. The second kappa shape index (κ2) is 9.64. The van der Waals surface area contributed by atoms with Crippen LogP contribution in [0.4, 0.5) is 24.5 Å². The number of hydrogen-bond acceptors (Lipinski definition) is 7. The third-order valence-electron chi connectivity index (χ3n) is 7.67. The Morgan fingerprint density at radius 1 is 1.16 bits per heavy atom. The maximum absolute atomic E-state index is 14.5. The maximum atomic E-state index is 14.5. The Hall–Kier alpha value is -3.54. The van der Waals surface area contributed by atoms with Gasteiger partial charge in [-0.15, -0.1) is 0 Å². The molecular weight excluding hydrogens is 499 g/mol. The minimum atomic E-state index is -1.09. The van der Waals surface area contributed by atoms with Crippen LogP contribution in [0.5, 0.6) is 0 Å². The molecule has 1 fully saturated rings. The summed E-state index contributed by atoms with van der Waals surface area (Å²) in [5, 5.41) is 23.9. The van der Waals surface area contributed by atoms with Crippen LogP contribution in [0, 0.1) is 23.4 Å². The highest BCUT2D eigenvalue weighted by Gasteiger charge is 2.43. The lowest BCUT2D eigenvalue weighted by Crippen LogP contribution is -2.62. The number of nitrogens with two attached hydrogens (primary N) is 1. The first-order chi connectivity index (χ1) is 18.0. The summed E-state index contributed by atoms with van der Waals surface area (Å²) in [6, 6.07) is 4.56. The number of aliphatic hydroxyl groups is 2. The molecule has 38 heavy (non-hydrogen) atoms. The van der Waals surface area contributed by atoms with Gasteiger partial charge >= 0.3 is 0 Å². The van der Waals surface area contributed by atoms with Gasteiger partial charge in [0.15, 0.2) is 0 Å². The number of piperidine rings is 1. The van der Waals surface area contributed by atoms with Crippen molar-refractivity contribution in [3.63, 3.8) is 0 Å². The number of nitrogens with zero attached hydrogens (tertiary/aromatic N) is 3. The lowest BCUT2D eigenvalue weighted by molar-refractivity contribution is -0.0258. The van der Waals surface area contributed by atoms with Gasteiger partial charge in [0.25, 0.3) is 5.91 Å². The highest BCUT2D eigenvalue weighted by atomic mass is 19.1. The third-order valence-corrected chi connectivity index (χ3v) is 7.67. The molecule has 3 heterocycles. The molecule has 3 aromatic rings. The van der Waals surface area contributed by atoms with Crippen molar-refractivity contribution in [2.75, 3.05) is 23.3 Å². The number of benzene rings is 1. The molecule has 1 aromatic carbocycles. The number of aliphatic hydroxyl groups excluding tert-OH is 1. The normalized spacial score (nSPS) is 24.8. The van der Waals surface area contributed by atoms with E-state index in [0.29, 0.717) is 36.5 Å². The summed E-state index contributed by atoms with van der Waals surface area (Å²) in [6.45, 7) is 4.30. The van der Waals surface area contributed by atoms with E-state index in [-0.39, 0.29) is 18.2 Å². The highest BCUT2D eigenvalue weighted by Crippen LogP contribution is 2.42. The fraction of sp³-hybridized carbons (Fsp3) is 0.370. The average Bonchev–Trinajstić information content (AvgIpc) is 3.24. The highest BCUT2D eigenvalue weighted by molar-refractivity contribution is 6.05. The van der Waals surface area contributed by atoms with E-state index in [4.69, 9.17) is 5.73 Å². The van der Waals surface area contributed by atoms with Gasteiger partial charge in [-0.1, -0.05) is 13.0 Å². The third kappa shape index (κ3) is 4.40. The van der Waals surface area contributed by atoms with Crippen molar-refractivity contribution in [2.24, 2.45) is 11.7 Å². The number of amides is 1. The fourth-order valence-corrected chi connectivity index (χ4v) is 5.18. The molecule has 0 saturated carbocycles. The van der Waals surface area contributed by atoms with Crippen LogP contribution in [0.1, 0.15) is 48.1 Å². The fourth-order valence-electron chi connectivity index (χ4n) is 5.18. The van der Waals surface area contributed by atoms with Crippen molar-refractivity contribution >= 4 is 17.3 Å². The number of fused-ring (bicyclic) bond motifs is 1. The van der Waals surface area contributed by atoms with Crippen LogP contribution in [0.3, 0.4) is 0 Å². The number of nitrogens with one attached hydrogen (secondary N) is 1. The van der Waals surface area contributed by atoms with Crippen LogP contribution >= 0.6 is 0 Å². The van der Waals surface area contributed by atoms with Gasteiger partial charge < -0.3 is 26.2 Å². The molecule has 5 rings (SSSR count). The number of pyridine rings is 2. The van der Waals surface area contributed by atoms with E-state index in [2.05, 4.69) is 15.3 Å². The first kappa shape index (κ1) is 26.1. The number of carbonyl (C=O) groups is 1. The molecule has 5 N–H and O–H groups in total. The van der Waals surface area contributed by atoms with Crippen LogP contribution in [0.25, 0.3) is 11.3 Å². The summed E-state index contributed by atoms with van der Waals surface area (Å²) in [5.74, 6) is -3.95. The molecule has 4 atom stereocenters. The molecule has 0 spiro atoms. The van der Waals surface area contributed by atoms with E-state index in [1.54, 1.807) is 6.92 Å². The number of aromatic nitrogens is 2. The molecular formula is C27H28F3N5O3. The summed E-state index contributed by atoms with van der Waals surface area (Å²) in [4.78, 5) is 23.5. The number of rotatable bonds is 4. The lowest BCUT2D eigenvalue weighted by Gasteiger charge is -2.47. The Morgan fingerprint density at radius 2 is 1.87 bits per heavy atom. The predicted octanol–water partition coefficient (Wildman–Crippen LogP) is 3.33.